The number of hydrogen-bond donors (Lipinski definition) is 1. The minimum atomic E-state index is -0.134. The lowest BCUT2D eigenvalue weighted by molar-refractivity contribution is -0.119. The van der Waals surface area contributed by atoms with E-state index in [1.54, 1.807) is 11.3 Å². The first-order valence-corrected chi connectivity index (χ1v) is 8.99. The molecule has 26 heavy (non-hydrogen) atoms. The van der Waals surface area contributed by atoms with Gasteiger partial charge in [0.1, 0.15) is 5.01 Å². The Hall–Kier alpha value is -3.06. The maximum absolute atomic E-state index is 10.9. The van der Waals surface area contributed by atoms with E-state index >= 15 is 0 Å². The first-order chi connectivity index (χ1) is 12.7. The Bertz CT molecular complexity index is 1060. The van der Waals surface area contributed by atoms with E-state index in [-0.39, 0.29) is 12.5 Å². The monoisotopic (exact) mass is 364 g/mol. The molecule has 4 rings (SSSR count). The van der Waals surface area contributed by atoms with Gasteiger partial charge >= 0.3 is 0 Å². The molecule has 0 radical (unpaired) electrons. The van der Waals surface area contributed by atoms with E-state index in [1.807, 2.05) is 24.3 Å². The summed E-state index contributed by atoms with van der Waals surface area (Å²) in [6.07, 6.45) is 0.479. The summed E-state index contributed by atoms with van der Waals surface area (Å²) < 4.78 is 6.68. The lowest BCUT2D eigenvalue weighted by atomic mass is 10.1. The lowest BCUT2D eigenvalue weighted by Crippen LogP contribution is -2.19. The van der Waals surface area contributed by atoms with Crippen LogP contribution in [0, 0.1) is 0 Å². The van der Waals surface area contributed by atoms with Gasteiger partial charge in [0, 0.05) is 6.92 Å². The molecule has 0 aliphatic rings. The fraction of sp³-hybridized carbons (Fsp3) is 0.158. The van der Waals surface area contributed by atoms with Crippen molar-refractivity contribution in [2.75, 3.05) is 0 Å². The van der Waals surface area contributed by atoms with Crippen LogP contribution in [0.5, 0.6) is 0 Å². The summed E-state index contributed by atoms with van der Waals surface area (Å²) in [5.41, 5.74) is 3.32. The number of rotatable bonds is 5. The Labute approximate surface area is 153 Å². The number of amides is 1. The minimum absolute atomic E-state index is 0.134. The maximum Gasteiger partial charge on any atom is 0.235 e. The van der Waals surface area contributed by atoms with E-state index in [0.717, 1.165) is 15.2 Å². The molecule has 1 N–H and O–H groups in total. The number of nitrogens with one attached hydrogen (secondary N) is 1. The smallest absolute Gasteiger partial charge is 0.235 e. The molecule has 0 aliphatic carbocycles. The standard InChI is InChI=1S/C19H16N4O2S/c1-12(24)20-11-18-23-22-17(25-18)10-19-21-15-8-7-14(9-16(15)26-19)13-5-3-2-4-6-13/h2-9H,10-11H2,1H3,(H,20,24). The van der Waals surface area contributed by atoms with Crippen molar-refractivity contribution in [2.24, 2.45) is 0 Å². The Morgan fingerprint density at radius 3 is 2.69 bits per heavy atom. The summed E-state index contributed by atoms with van der Waals surface area (Å²) in [5, 5.41) is 11.5. The van der Waals surface area contributed by atoms with Crippen LogP contribution in [-0.2, 0) is 17.8 Å². The molecule has 6 nitrogen and oxygen atoms in total. The summed E-state index contributed by atoms with van der Waals surface area (Å²) in [4.78, 5) is 15.6. The van der Waals surface area contributed by atoms with Gasteiger partial charge in [-0.05, 0) is 23.3 Å². The minimum Gasteiger partial charge on any atom is -0.423 e. The second kappa shape index (κ2) is 7.05. The first-order valence-electron chi connectivity index (χ1n) is 8.18. The van der Waals surface area contributed by atoms with Crippen molar-refractivity contribution >= 4 is 27.5 Å². The zero-order valence-electron chi connectivity index (χ0n) is 14.1. The summed E-state index contributed by atoms with van der Waals surface area (Å²) in [6, 6.07) is 16.5. The van der Waals surface area contributed by atoms with E-state index in [4.69, 9.17) is 4.42 Å². The number of carbonyl (C=O) groups excluding carboxylic acids is 1. The van der Waals surface area contributed by atoms with Crippen LogP contribution in [0.1, 0.15) is 23.7 Å². The molecule has 1 amide bonds. The maximum atomic E-state index is 10.9. The molecule has 0 bridgehead atoms. The van der Waals surface area contributed by atoms with Crippen molar-refractivity contribution in [3.05, 3.63) is 65.3 Å². The second-order valence-corrected chi connectivity index (χ2v) is 6.95. The van der Waals surface area contributed by atoms with Gasteiger partial charge in [0.25, 0.3) is 0 Å². The number of hydrogen-bond acceptors (Lipinski definition) is 6. The molecule has 0 fully saturated rings. The summed E-state index contributed by atoms with van der Waals surface area (Å²) in [7, 11) is 0. The quantitative estimate of drug-likeness (QED) is 0.585. The highest BCUT2D eigenvalue weighted by atomic mass is 32.1. The molecule has 2 aromatic carbocycles. The zero-order chi connectivity index (χ0) is 17.9. The molecule has 0 saturated carbocycles. The van der Waals surface area contributed by atoms with Gasteiger partial charge in [0.2, 0.25) is 17.7 Å². The molecule has 0 aliphatic heterocycles. The predicted molar refractivity (Wildman–Crippen MR) is 99.7 cm³/mol. The topological polar surface area (TPSA) is 80.9 Å². The largest absolute Gasteiger partial charge is 0.423 e. The van der Waals surface area contributed by atoms with Crippen LogP contribution in [0.25, 0.3) is 21.3 Å². The third kappa shape index (κ3) is 3.62. The van der Waals surface area contributed by atoms with Gasteiger partial charge in [-0.1, -0.05) is 36.4 Å². The Morgan fingerprint density at radius 1 is 1.08 bits per heavy atom. The molecule has 4 aromatic rings. The SMILES string of the molecule is CC(=O)NCc1nnc(Cc2nc3ccc(-c4ccccc4)cc3s2)o1. The van der Waals surface area contributed by atoms with E-state index in [1.165, 1.54) is 18.1 Å². The summed E-state index contributed by atoms with van der Waals surface area (Å²) >= 11 is 1.62. The van der Waals surface area contributed by atoms with Gasteiger partial charge in [-0.3, -0.25) is 4.79 Å². The third-order valence-corrected chi connectivity index (χ3v) is 4.86. The molecule has 2 heterocycles. The average molecular weight is 364 g/mol. The normalized spacial score (nSPS) is 11.0. The highest BCUT2D eigenvalue weighted by Crippen LogP contribution is 2.29. The van der Waals surface area contributed by atoms with E-state index < -0.39 is 0 Å². The van der Waals surface area contributed by atoms with Crippen molar-refractivity contribution in [1.82, 2.24) is 20.5 Å². The molecule has 0 unspecified atom stereocenters. The van der Waals surface area contributed by atoms with Crippen LogP contribution in [0.2, 0.25) is 0 Å². The number of aromatic nitrogens is 3. The molecular formula is C19H16N4O2S. The van der Waals surface area contributed by atoms with Crippen molar-refractivity contribution in [1.29, 1.82) is 0 Å². The first kappa shape index (κ1) is 16.4. The van der Waals surface area contributed by atoms with Crippen LogP contribution in [0.4, 0.5) is 0 Å². The second-order valence-electron chi connectivity index (χ2n) is 5.83. The van der Waals surface area contributed by atoms with Crippen molar-refractivity contribution in [3.63, 3.8) is 0 Å². The zero-order valence-corrected chi connectivity index (χ0v) is 14.9. The van der Waals surface area contributed by atoms with Gasteiger partial charge in [0.15, 0.2) is 0 Å². The van der Waals surface area contributed by atoms with E-state index in [0.29, 0.717) is 18.2 Å². The van der Waals surface area contributed by atoms with Crippen molar-refractivity contribution in [3.8, 4) is 11.1 Å². The van der Waals surface area contributed by atoms with E-state index in [2.05, 4.69) is 44.8 Å². The Morgan fingerprint density at radius 2 is 1.88 bits per heavy atom. The van der Waals surface area contributed by atoms with Crippen LogP contribution in [0.3, 0.4) is 0 Å². The van der Waals surface area contributed by atoms with E-state index in [9.17, 15) is 4.79 Å². The summed E-state index contributed by atoms with van der Waals surface area (Å²) in [6.45, 7) is 1.69. The van der Waals surface area contributed by atoms with Crippen LogP contribution in [-0.4, -0.2) is 21.1 Å². The number of thiazole rings is 1. The fourth-order valence-electron chi connectivity index (χ4n) is 2.62. The highest BCUT2D eigenvalue weighted by Gasteiger charge is 2.11. The van der Waals surface area contributed by atoms with Gasteiger partial charge in [0.05, 0.1) is 23.2 Å². The van der Waals surface area contributed by atoms with Gasteiger partial charge in [-0.25, -0.2) is 4.98 Å². The van der Waals surface area contributed by atoms with Crippen LogP contribution in [0.15, 0.2) is 52.9 Å². The number of nitrogens with zero attached hydrogens (tertiary/aromatic N) is 3. The highest BCUT2D eigenvalue weighted by molar-refractivity contribution is 7.18. The molecular weight excluding hydrogens is 348 g/mol. The lowest BCUT2D eigenvalue weighted by Gasteiger charge is -2.00. The predicted octanol–water partition coefficient (Wildman–Crippen LogP) is 3.57. The third-order valence-electron chi connectivity index (χ3n) is 3.84. The van der Waals surface area contributed by atoms with Gasteiger partial charge in [-0.15, -0.1) is 21.5 Å². The van der Waals surface area contributed by atoms with Gasteiger partial charge < -0.3 is 9.73 Å². The molecule has 130 valence electrons. The number of fused-ring (bicyclic) bond motifs is 1. The summed E-state index contributed by atoms with van der Waals surface area (Å²) in [5.74, 6) is 0.750. The van der Waals surface area contributed by atoms with Crippen molar-refractivity contribution in [2.45, 2.75) is 19.9 Å². The molecule has 0 atom stereocenters. The van der Waals surface area contributed by atoms with Crippen molar-refractivity contribution < 1.29 is 9.21 Å². The van der Waals surface area contributed by atoms with Crippen LogP contribution < -0.4 is 5.32 Å². The molecule has 0 saturated heterocycles. The fourth-order valence-corrected chi connectivity index (χ4v) is 3.62. The Kier molecular flexibility index (Phi) is 4.45. The molecule has 0 spiro atoms. The number of benzene rings is 2. The van der Waals surface area contributed by atoms with Gasteiger partial charge in [-0.2, -0.15) is 0 Å². The number of carbonyl (C=O) groups is 1. The average Bonchev–Trinajstić information content (AvgIpc) is 3.26. The van der Waals surface area contributed by atoms with Crippen LogP contribution >= 0.6 is 11.3 Å². The molecule has 7 heteroatoms. The molecule has 2 aromatic heterocycles. The Balaban J connectivity index is 1.53.